The molecule has 7 nitrogen and oxygen atoms in total. The van der Waals surface area contributed by atoms with Crippen LogP contribution in [0.5, 0.6) is 11.5 Å². The van der Waals surface area contributed by atoms with Crippen LogP contribution in [0.15, 0.2) is 67.0 Å². The number of anilines is 2. The van der Waals surface area contributed by atoms with Crippen LogP contribution >= 0.6 is 0 Å². The van der Waals surface area contributed by atoms with Crippen molar-refractivity contribution in [2.24, 2.45) is 0 Å². The van der Waals surface area contributed by atoms with Crippen molar-refractivity contribution in [3.8, 4) is 11.5 Å². The Morgan fingerprint density at radius 2 is 1.94 bits per heavy atom. The van der Waals surface area contributed by atoms with Gasteiger partial charge < -0.3 is 24.2 Å². The maximum atomic E-state index is 13.0. The molecule has 1 aromatic heterocycles. The molecule has 1 atom stereocenters. The summed E-state index contributed by atoms with van der Waals surface area (Å²) in [5.41, 5.74) is 2.39. The summed E-state index contributed by atoms with van der Waals surface area (Å²) in [7, 11) is 0. The molecular weight excluding hydrogens is 434 g/mol. The summed E-state index contributed by atoms with van der Waals surface area (Å²) >= 11 is 0. The van der Waals surface area contributed by atoms with Gasteiger partial charge in [0.15, 0.2) is 17.8 Å². The number of pyridine rings is 1. The number of aromatic nitrogens is 1. The van der Waals surface area contributed by atoms with E-state index < -0.39 is 18.9 Å². The lowest BCUT2D eigenvalue weighted by Crippen LogP contribution is -2.18. The lowest BCUT2D eigenvalue weighted by molar-refractivity contribution is -0.0632. The van der Waals surface area contributed by atoms with Gasteiger partial charge in [0.2, 0.25) is 0 Å². The van der Waals surface area contributed by atoms with E-state index in [-0.39, 0.29) is 17.1 Å². The first-order chi connectivity index (χ1) is 16.0. The first kappa shape index (κ1) is 22.5. The van der Waals surface area contributed by atoms with Crippen LogP contribution in [0.1, 0.15) is 28.8 Å². The topological polar surface area (TPSA) is 81.1 Å². The molecule has 1 fully saturated rings. The molecule has 172 valence electrons. The molecule has 4 rings (SSSR count). The summed E-state index contributed by atoms with van der Waals surface area (Å²) in [5.74, 6) is -0.981. The van der Waals surface area contributed by atoms with Crippen molar-refractivity contribution in [1.29, 1.82) is 0 Å². The largest absolute Gasteiger partial charge is 0.478 e. The van der Waals surface area contributed by atoms with Crippen molar-refractivity contribution in [2.45, 2.75) is 32.3 Å². The Balaban J connectivity index is 1.72. The second kappa shape index (κ2) is 10.3. The third-order valence-electron chi connectivity index (χ3n) is 5.09. The Morgan fingerprint density at radius 3 is 2.58 bits per heavy atom. The fraction of sp³-hybridized carbons (Fsp3) is 0.250. The number of hydrogen-bond acceptors (Lipinski definition) is 6. The standard InChI is InChI=1S/C24H22F2N2O5/c25-24(26)33-20-10-9-19(13-21(20)32-22-4-2-12-31-22)28(15-16-3-1-11-27-14-16)18-7-5-17(6-8-18)23(29)30/h1,3,5-11,13-14,22,24H,2,4,12,15H2,(H,29,30). The highest BCUT2D eigenvalue weighted by molar-refractivity contribution is 5.88. The van der Waals surface area contributed by atoms with E-state index in [9.17, 15) is 18.7 Å². The average Bonchev–Trinajstić information content (AvgIpc) is 3.32. The van der Waals surface area contributed by atoms with Crippen molar-refractivity contribution in [2.75, 3.05) is 11.5 Å². The number of ether oxygens (including phenoxy) is 3. The second-order valence-corrected chi connectivity index (χ2v) is 7.37. The van der Waals surface area contributed by atoms with Crippen molar-refractivity contribution < 1.29 is 32.9 Å². The van der Waals surface area contributed by atoms with Gasteiger partial charge in [-0.25, -0.2) is 4.79 Å². The Bertz CT molecular complexity index is 1070. The summed E-state index contributed by atoms with van der Waals surface area (Å²) in [4.78, 5) is 17.3. The second-order valence-electron chi connectivity index (χ2n) is 7.37. The molecule has 0 saturated carbocycles. The van der Waals surface area contributed by atoms with Gasteiger partial charge in [-0.2, -0.15) is 8.78 Å². The van der Waals surface area contributed by atoms with Crippen LogP contribution in [0.2, 0.25) is 0 Å². The van der Waals surface area contributed by atoms with Crippen LogP contribution in [0.3, 0.4) is 0 Å². The molecule has 33 heavy (non-hydrogen) atoms. The molecule has 3 aromatic rings. The minimum atomic E-state index is -3.00. The Labute approximate surface area is 189 Å². The maximum Gasteiger partial charge on any atom is 0.387 e. The molecule has 0 amide bonds. The van der Waals surface area contributed by atoms with Gasteiger partial charge in [-0.3, -0.25) is 4.98 Å². The lowest BCUT2D eigenvalue weighted by Gasteiger charge is -2.27. The summed E-state index contributed by atoms with van der Waals surface area (Å²) in [6.07, 6.45) is 4.31. The predicted molar refractivity (Wildman–Crippen MR) is 116 cm³/mol. The average molecular weight is 456 g/mol. The minimum absolute atomic E-state index is 0.0909. The van der Waals surface area contributed by atoms with Crippen LogP contribution < -0.4 is 14.4 Å². The molecule has 2 heterocycles. The van der Waals surface area contributed by atoms with Gasteiger partial charge in [0.1, 0.15) is 0 Å². The number of alkyl halides is 2. The number of rotatable bonds is 9. The van der Waals surface area contributed by atoms with Gasteiger partial charge in [-0.1, -0.05) is 6.07 Å². The van der Waals surface area contributed by atoms with Crippen LogP contribution in [0, 0.1) is 0 Å². The van der Waals surface area contributed by atoms with Crippen molar-refractivity contribution in [3.63, 3.8) is 0 Å². The van der Waals surface area contributed by atoms with E-state index in [0.29, 0.717) is 30.9 Å². The Hall–Kier alpha value is -3.72. The molecule has 0 aliphatic carbocycles. The molecule has 9 heteroatoms. The van der Waals surface area contributed by atoms with Crippen LogP contribution in [0.25, 0.3) is 0 Å². The number of halogens is 2. The van der Waals surface area contributed by atoms with Crippen molar-refractivity contribution in [1.82, 2.24) is 4.98 Å². The number of carboxylic acids is 1. The highest BCUT2D eigenvalue weighted by atomic mass is 19.3. The summed E-state index contributed by atoms with van der Waals surface area (Å²) in [6, 6.07) is 14.8. The normalized spacial score (nSPS) is 15.4. The molecule has 1 aliphatic heterocycles. The van der Waals surface area contributed by atoms with E-state index in [4.69, 9.17) is 9.47 Å². The first-order valence-electron chi connectivity index (χ1n) is 10.4. The van der Waals surface area contributed by atoms with Gasteiger partial charge in [0.05, 0.1) is 12.2 Å². The monoisotopic (exact) mass is 456 g/mol. The van der Waals surface area contributed by atoms with E-state index >= 15 is 0 Å². The van der Waals surface area contributed by atoms with Gasteiger partial charge >= 0.3 is 12.6 Å². The Kier molecular flexibility index (Phi) is 6.99. The predicted octanol–water partition coefficient (Wildman–Crippen LogP) is 5.23. The zero-order valence-electron chi connectivity index (χ0n) is 17.6. The fourth-order valence-electron chi connectivity index (χ4n) is 3.52. The van der Waals surface area contributed by atoms with Crippen LogP contribution in [-0.2, 0) is 11.3 Å². The van der Waals surface area contributed by atoms with E-state index in [2.05, 4.69) is 9.72 Å². The first-order valence-corrected chi connectivity index (χ1v) is 10.4. The van der Waals surface area contributed by atoms with Gasteiger partial charge in [0, 0.05) is 42.8 Å². The molecule has 1 aliphatic rings. The Morgan fingerprint density at radius 1 is 1.15 bits per heavy atom. The number of benzene rings is 2. The molecule has 0 radical (unpaired) electrons. The third-order valence-corrected chi connectivity index (χ3v) is 5.09. The van der Waals surface area contributed by atoms with E-state index in [1.165, 1.54) is 18.2 Å². The van der Waals surface area contributed by atoms with Crippen molar-refractivity contribution >= 4 is 17.3 Å². The zero-order chi connectivity index (χ0) is 23.2. The number of carboxylic acid groups (broad SMARTS) is 1. The summed E-state index contributed by atoms with van der Waals surface area (Å²) < 4.78 is 41.9. The van der Waals surface area contributed by atoms with Gasteiger partial charge in [-0.05, 0) is 54.4 Å². The van der Waals surface area contributed by atoms with E-state index in [1.54, 1.807) is 36.7 Å². The lowest BCUT2D eigenvalue weighted by atomic mass is 10.1. The number of carbonyl (C=O) groups is 1. The molecule has 1 unspecified atom stereocenters. The summed E-state index contributed by atoms with van der Waals surface area (Å²) in [5, 5.41) is 9.22. The molecule has 2 aromatic carbocycles. The molecular formula is C24H22F2N2O5. The van der Waals surface area contributed by atoms with Crippen LogP contribution in [-0.4, -0.2) is 35.6 Å². The third kappa shape index (κ3) is 5.75. The van der Waals surface area contributed by atoms with Gasteiger partial charge in [-0.15, -0.1) is 0 Å². The number of nitrogens with zero attached hydrogens (tertiary/aromatic N) is 2. The van der Waals surface area contributed by atoms with Crippen molar-refractivity contribution in [3.05, 3.63) is 78.1 Å². The minimum Gasteiger partial charge on any atom is -0.478 e. The number of hydrogen-bond donors (Lipinski definition) is 1. The molecule has 1 saturated heterocycles. The highest BCUT2D eigenvalue weighted by Gasteiger charge is 2.22. The summed E-state index contributed by atoms with van der Waals surface area (Å²) in [6.45, 7) is -2.06. The fourth-order valence-corrected chi connectivity index (χ4v) is 3.52. The number of aromatic carboxylic acids is 1. The quantitative estimate of drug-likeness (QED) is 0.472. The molecule has 0 spiro atoms. The smallest absolute Gasteiger partial charge is 0.387 e. The van der Waals surface area contributed by atoms with Crippen LogP contribution in [0.4, 0.5) is 20.2 Å². The SMILES string of the molecule is O=C(O)c1ccc(N(Cc2cccnc2)c2ccc(OC(F)F)c(OC3CCCO3)c2)cc1. The van der Waals surface area contributed by atoms with E-state index in [1.807, 2.05) is 17.0 Å². The zero-order valence-corrected chi connectivity index (χ0v) is 17.6. The highest BCUT2D eigenvalue weighted by Crippen LogP contribution is 2.38. The van der Waals surface area contributed by atoms with Gasteiger partial charge in [0.25, 0.3) is 0 Å². The maximum absolute atomic E-state index is 13.0. The molecule has 1 N–H and O–H groups in total. The van der Waals surface area contributed by atoms with E-state index in [0.717, 1.165) is 12.0 Å². The molecule has 0 bridgehead atoms.